The predicted octanol–water partition coefficient (Wildman–Crippen LogP) is 4.40. The van der Waals surface area contributed by atoms with E-state index < -0.39 is 17.7 Å². The minimum absolute atomic E-state index is 0.0404. The largest absolute Gasteiger partial charge is 0.451 e. The monoisotopic (exact) mass is 458 g/mol. The second kappa shape index (κ2) is 8.49. The minimum Gasteiger partial charge on any atom is -0.451 e. The van der Waals surface area contributed by atoms with Crippen LogP contribution in [0.25, 0.3) is 22.2 Å². The zero-order chi connectivity index (χ0) is 23.8. The van der Waals surface area contributed by atoms with Crippen molar-refractivity contribution >= 4 is 16.7 Å². The molecule has 0 aliphatic carbocycles. The molecule has 11 heteroatoms. The van der Waals surface area contributed by atoms with Gasteiger partial charge in [-0.25, -0.2) is 9.48 Å². The summed E-state index contributed by atoms with van der Waals surface area (Å²) in [6, 6.07) is 10.5. The molecule has 4 rings (SSSR count). The van der Waals surface area contributed by atoms with Gasteiger partial charge >= 0.3 is 12.1 Å². The molecule has 0 amide bonds. The summed E-state index contributed by atoms with van der Waals surface area (Å²) in [6.07, 6.45) is -4.45. The molecule has 0 N–H and O–H groups in total. The van der Waals surface area contributed by atoms with Gasteiger partial charge in [-0.05, 0) is 32.0 Å². The molecule has 0 spiro atoms. The van der Waals surface area contributed by atoms with Gasteiger partial charge < -0.3 is 9.26 Å². The Morgan fingerprint density at radius 2 is 1.76 bits per heavy atom. The van der Waals surface area contributed by atoms with Crippen LogP contribution in [0.5, 0.6) is 0 Å². The number of aromatic nitrogens is 4. The Morgan fingerprint density at radius 1 is 1.09 bits per heavy atom. The maximum absolute atomic E-state index is 12.7. The van der Waals surface area contributed by atoms with Crippen LogP contribution >= 0.6 is 0 Å². The van der Waals surface area contributed by atoms with Crippen molar-refractivity contribution < 1.29 is 27.2 Å². The third kappa shape index (κ3) is 4.47. The van der Waals surface area contributed by atoms with Crippen LogP contribution < -0.4 is 5.56 Å². The number of benzene rings is 2. The lowest BCUT2D eigenvalue weighted by molar-refractivity contribution is -0.137. The van der Waals surface area contributed by atoms with E-state index in [0.29, 0.717) is 16.3 Å². The number of carbonyl (C=O) groups is 1. The maximum Gasteiger partial charge on any atom is 0.416 e. The van der Waals surface area contributed by atoms with Gasteiger partial charge in [0.25, 0.3) is 11.4 Å². The van der Waals surface area contributed by atoms with Gasteiger partial charge in [0.2, 0.25) is 5.82 Å². The van der Waals surface area contributed by atoms with Crippen LogP contribution in [0.1, 0.15) is 41.8 Å². The van der Waals surface area contributed by atoms with Crippen LogP contribution in [0.3, 0.4) is 0 Å². The Hall–Kier alpha value is -4.02. The van der Waals surface area contributed by atoms with Crippen LogP contribution in [-0.2, 0) is 17.5 Å². The fourth-order valence-electron chi connectivity index (χ4n) is 3.14. The number of hydrogen-bond acceptors (Lipinski definition) is 7. The first-order chi connectivity index (χ1) is 15.6. The lowest BCUT2D eigenvalue weighted by Gasteiger charge is -2.12. The number of esters is 1. The van der Waals surface area contributed by atoms with Gasteiger partial charge in [-0.2, -0.15) is 23.3 Å². The molecule has 170 valence electrons. The summed E-state index contributed by atoms with van der Waals surface area (Å²) in [5.41, 5.74) is -0.857. The molecule has 8 nitrogen and oxygen atoms in total. The summed E-state index contributed by atoms with van der Waals surface area (Å²) in [5.74, 6) is -0.804. The van der Waals surface area contributed by atoms with Gasteiger partial charge in [0.15, 0.2) is 12.3 Å². The first kappa shape index (κ1) is 22.2. The van der Waals surface area contributed by atoms with Crippen molar-refractivity contribution in [2.24, 2.45) is 0 Å². The first-order valence-electron chi connectivity index (χ1n) is 9.84. The highest BCUT2D eigenvalue weighted by Gasteiger charge is 2.30. The van der Waals surface area contributed by atoms with Gasteiger partial charge in [0, 0.05) is 10.9 Å². The Kier molecular flexibility index (Phi) is 5.71. The molecule has 0 aliphatic heterocycles. The Bertz CT molecular complexity index is 1380. The number of halogens is 3. The highest BCUT2D eigenvalue weighted by atomic mass is 19.4. The van der Waals surface area contributed by atoms with E-state index in [1.807, 2.05) is 0 Å². The van der Waals surface area contributed by atoms with Gasteiger partial charge in [-0.15, -0.1) is 0 Å². The van der Waals surface area contributed by atoms with Gasteiger partial charge in [-0.1, -0.05) is 35.5 Å². The fraction of sp³-hybridized carbons (Fsp3) is 0.227. The number of nitrogens with zero attached hydrogens (tertiary/aromatic N) is 4. The molecule has 0 unspecified atom stereocenters. The Labute approximate surface area is 184 Å². The molecule has 0 saturated carbocycles. The molecular weight excluding hydrogens is 441 g/mol. The summed E-state index contributed by atoms with van der Waals surface area (Å²) in [6.45, 7) is 3.14. The molecular formula is C22H17F3N4O4. The zero-order valence-corrected chi connectivity index (χ0v) is 17.5. The predicted molar refractivity (Wildman–Crippen MR) is 110 cm³/mol. The second-order valence-corrected chi connectivity index (χ2v) is 7.40. The lowest BCUT2D eigenvalue weighted by atomic mass is 10.1. The highest BCUT2D eigenvalue weighted by Crippen LogP contribution is 2.30. The third-order valence-electron chi connectivity index (χ3n) is 4.78. The number of carbonyl (C=O) groups excluding carboxylic acids is 1. The molecule has 0 saturated heterocycles. The summed E-state index contributed by atoms with van der Waals surface area (Å²) in [7, 11) is 0. The van der Waals surface area contributed by atoms with E-state index >= 15 is 0 Å². The molecule has 2 heterocycles. The summed E-state index contributed by atoms with van der Waals surface area (Å²) >= 11 is 0. The van der Waals surface area contributed by atoms with E-state index in [-0.39, 0.29) is 35.6 Å². The second-order valence-electron chi connectivity index (χ2n) is 7.40. The molecule has 33 heavy (non-hydrogen) atoms. The molecule has 2 aromatic carbocycles. The lowest BCUT2D eigenvalue weighted by Crippen LogP contribution is -2.27. The zero-order valence-electron chi connectivity index (χ0n) is 17.5. The van der Waals surface area contributed by atoms with Gasteiger partial charge in [0.05, 0.1) is 17.0 Å². The standard InChI is InChI=1S/C22H17F3N4O4/c1-12(2)29-20(30)16-6-4-3-5-15(16)18(27-29)21(31)32-11-17-26-19(28-33-17)13-7-9-14(10-8-13)22(23,24)25/h3-10,12H,11H2,1-2H3. The smallest absolute Gasteiger partial charge is 0.416 e. The van der Waals surface area contributed by atoms with Crippen LogP contribution in [-0.4, -0.2) is 25.9 Å². The van der Waals surface area contributed by atoms with Crippen molar-refractivity contribution in [3.8, 4) is 11.4 Å². The fourth-order valence-corrected chi connectivity index (χ4v) is 3.14. The average molecular weight is 458 g/mol. The highest BCUT2D eigenvalue weighted by molar-refractivity contribution is 6.02. The van der Waals surface area contributed by atoms with Crippen LogP contribution in [0.4, 0.5) is 13.2 Å². The van der Waals surface area contributed by atoms with Crippen molar-refractivity contribution in [1.29, 1.82) is 0 Å². The number of ether oxygens (including phenoxy) is 1. The van der Waals surface area contributed by atoms with Crippen LogP contribution in [0.15, 0.2) is 57.8 Å². The molecule has 0 fully saturated rings. The molecule has 2 aromatic heterocycles. The molecule has 0 bridgehead atoms. The molecule has 0 atom stereocenters. The van der Waals surface area contributed by atoms with Crippen molar-refractivity contribution in [2.75, 3.05) is 0 Å². The normalized spacial score (nSPS) is 11.8. The van der Waals surface area contributed by atoms with Crippen molar-refractivity contribution in [3.05, 3.63) is 76.0 Å². The van der Waals surface area contributed by atoms with E-state index in [1.165, 1.54) is 16.8 Å². The number of rotatable bonds is 5. The quantitative estimate of drug-likeness (QED) is 0.409. The Morgan fingerprint density at radius 3 is 2.39 bits per heavy atom. The summed E-state index contributed by atoms with van der Waals surface area (Å²) < 4.78 is 49.6. The van der Waals surface area contributed by atoms with Crippen molar-refractivity contribution in [3.63, 3.8) is 0 Å². The number of alkyl halides is 3. The van der Waals surface area contributed by atoms with Crippen LogP contribution in [0.2, 0.25) is 0 Å². The number of fused-ring (bicyclic) bond motifs is 1. The van der Waals surface area contributed by atoms with Crippen LogP contribution in [0, 0.1) is 0 Å². The van der Waals surface area contributed by atoms with E-state index in [9.17, 15) is 22.8 Å². The topological polar surface area (TPSA) is 100 Å². The van der Waals surface area contributed by atoms with E-state index in [1.54, 1.807) is 38.1 Å². The maximum atomic E-state index is 12.7. The third-order valence-corrected chi connectivity index (χ3v) is 4.78. The summed E-state index contributed by atoms with van der Waals surface area (Å²) in [4.78, 5) is 29.4. The van der Waals surface area contributed by atoms with E-state index in [2.05, 4.69) is 15.2 Å². The van der Waals surface area contributed by atoms with Gasteiger partial charge in [-0.3, -0.25) is 4.79 Å². The van der Waals surface area contributed by atoms with Crippen molar-refractivity contribution in [2.45, 2.75) is 32.7 Å². The van der Waals surface area contributed by atoms with Crippen molar-refractivity contribution in [1.82, 2.24) is 19.9 Å². The first-order valence-corrected chi connectivity index (χ1v) is 9.84. The van der Waals surface area contributed by atoms with E-state index in [0.717, 1.165) is 12.1 Å². The molecule has 0 aliphatic rings. The Balaban J connectivity index is 1.54. The van der Waals surface area contributed by atoms with Gasteiger partial charge in [0.1, 0.15) is 0 Å². The van der Waals surface area contributed by atoms with E-state index in [4.69, 9.17) is 9.26 Å². The molecule has 0 radical (unpaired) electrons. The average Bonchev–Trinajstić information content (AvgIpc) is 3.26. The minimum atomic E-state index is -4.45. The SMILES string of the molecule is CC(C)n1nc(C(=O)OCc2nc(-c3ccc(C(F)(F)F)cc3)no2)c2ccccc2c1=O. The molecule has 4 aromatic rings. The number of hydrogen-bond donors (Lipinski definition) is 0. The summed E-state index contributed by atoms with van der Waals surface area (Å²) in [5, 5.41) is 8.55.